The monoisotopic (exact) mass is 447 g/mol. The highest BCUT2D eigenvalue weighted by atomic mass is 35.5. The minimum Gasteiger partial charge on any atom is -0.447 e. The second-order valence-electron chi connectivity index (χ2n) is 6.76. The summed E-state index contributed by atoms with van der Waals surface area (Å²) in [6.07, 6.45) is 14.5. The van der Waals surface area contributed by atoms with Gasteiger partial charge in [0.05, 0.1) is 11.9 Å². The van der Waals surface area contributed by atoms with E-state index in [1.807, 2.05) is 31.2 Å². The first-order valence-corrected chi connectivity index (χ1v) is 10.9. The van der Waals surface area contributed by atoms with Gasteiger partial charge in [-0.05, 0) is 37.7 Å². The normalized spacial score (nSPS) is 17.8. The minimum atomic E-state index is -0.542. The number of cyclic esters (lactones) is 1. The van der Waals surface area contributed by atoms with Crippen LogP contribution in [0.1, 0.15) is 30.7 Å². The van der Waals surface area contributed by atoms with Crippen molar-refractivity contribution >= 4 is 45.7 Å². The maximum Gasteiger partial charge on any atom is 0.416 e. The molecule has 6 nitrogen and oxygen atoms in total. The molecule has 1 aliphatic heterocycles. The molecule has 0 radical (unpaired) electrons. The molecule has 8 heteroatoms. The van der Waals surface area contributed by atoms with Crippen LogP contribution in [0.2, 0.25) is 5.15 Å². The predicted octanol–water partition coefficient (Wildman–Crippen LogP) is 5.37. The number of carbonyl (C=O) groups is 2. The molecule has 1 unspecified atom stereocenters. The average Bonchev–Trinajstić information content (AvgIpc) is 3.32. The Hall–Kier alpha value is -2.51. The summed E-state index contributed by atoms with van der Waals surface area (Å²) in [6, 6.07) is 0. The summed E-state index contributed by atoms with van der Waals surface area (Å²) in [5.74, 6) is 0.789. The zero-order chi connectivity index (χ0) is 21.9. The molecule has 2 aromatic rings. The topological polar surface area (TPSA) is 72.4 Å². The highest BCUT2D eigenvalue weighted by Gasteiger charge is 2.22. The van der Waals surface area contributed by atoms with Crippen molar-refractivity contribution in [2.24, 2.45) is 5.92 Å². The molecular formula is C22H26ClN3O3S. The molecule has 2 aromatic heterocycles. The largest absolute Gasteiger partial charge is 0.447 e. The zero-order valence-corrected chi connectivity index (χ0v) is 18.8. The van der Waals surface area contributed by atoms with E-state index in [1.165, 1.54) is 23.3 Å². The summed E-state index contributed by atoms with van der Waals surface area (Å²) < 4.78 is 4.41. The van der Waals surface area contributed by atoms with Crippen LogP contribution in [0, 0.1) is 5.92 Å². The molecule has 4 rings (SSSR count). The van der Waals surface area contributed by atoms with Gasteiger partial charge in [0.2, 0.25) is 6.41 Å². The Morgan fingerprint density at radius 1 is 1.33 bits per heavy atom. The van der Waals surface area contributed by atoms with Crippen molar-refractivity contribution in [1.82, 2.24) is 14.9 Å². The number of allylic oxidation sites excluding steroid dienone is 5. The molecule has 30 heavy (non-hydrogen) atoms. The van der Waals surface area contributed by atoms with Crippen LogP contribution in [0.5, 0.6) is 0 Å². The van der Waals surface area contributed by atoms with E-state index in [4.69, 9.17) is 11.6 Å². The molecule has 1 atom stereocenters. The van der Waals surface area contributed by atoms with E-state index in [-0.39, 0.29) is 0 Å². The average molecular weight is 448 g/mol. The molecule has 0 aromatic carbocycles. The standard InChI is InChI=1S/C11H11ClN2S.C7H10.C4H5NO3/c1-6-2-3-7-8(4-6)15-11-9(7)10(12)13-5-14-11;1-3-5-7-6-4-2;6-3-5-1-2-8-4(5)7/h5-6H,2-4H2,1H3;3-7H,1H2,2H3;3H,1-2H2/b;6-4-,7-5-;. The highest BCUT2D eigenvalue weighted by molar-refractivity contribution is 7.19. The van der Waals surface area contributed by atoms with Crippen molar-refractivity contribution < 1.29 is 14.3 Å². The summed E-state index contributed by atoms with van der Waals surface area (Å²) in [6.45, 7) is 8.52. The highest BCUT2D eigenvalue weighted by Crippen LogP contribution is 2.39. The number of hydrogen-bond acceptors (Lipinski definition) is 6. The van der Waals surface area contributed by atoms with Crippen molar-refractivity contribution in [3.63, 3.8) is 0 Å². The zero-order valence-electron chi connectivity index (χ0n) is 17.2. The molecule has 0 N–H and O–H groups in total. The van der Waals surface area contributed by atoms with E-state index in [2.05, 4.69) is 28.2 Å². The number of thiophene rings is 1. The molecule has 160 valence electrons. The van der Waals surface area contributed by atoms with Crippen LogP contribution >= 0.6 is 22.9 Å². The summed E-state index contributed by atoms with van der Waals surface area (Å²) in [5, 5.41) is 1.72. The number of aryl methyl sites for hydroxylation is 1. The quantitative estimate of drug-likeness (QED) is 0.359. The first-order valence-electron chi connectivity index (χ1n) is 9.71. The van der Waals surface area contributed by atoms with Crippen molar-refractivity contribution in [2.75, 3.05) is 13.2 Å². The molecule has 0 saturated carbocycles. The van der Waals surface area contributed by atoms with Crippen LogP contribution in [0.25, 0.3) is 10.2 Å². The van der Waals surface area contributed by atoms with Gasteiger partial charge in [-0.1, -0.05) is 55.5 Å². The Morgan fingerprint density at radius 3 is 2.73 bits per heavy atom. The Labute approximate surface area is 185 Å². The molecule has 1 fully saturated rings. The molecule has 0 spiro atoms. The second-order valence-corrected chi connectivity index (χ2v) is 8.20. The molecular weight excluding hydrogens is 422 g/mol. The summed E-state index contributed by atoms with van der Waals surface area (Å²) in [7, 11) is 0. The van der Waals surface area contributed by atoms with Crippen LogP contribution in [0.15, 0.2) is 43.3 Å². The van der Waals surface area contributed by atoms with Gasteiger partial charge in [0.25, 0.3) is 0 Å². The lowest BCUT2D eigenvalue weighted by atomic mass is 9.89. The number of rotatable bonds is 3. The Kier molecular flexibility index (Phi) is 9.70. The smallest absolute Gasteiger partial charge is 0.416 e. The van der Waals surface area contributed by atoms with Gasteiger partial charge in [-0.3, -0.25) is 4.79 Å². The van der Waals surface area contributed by atoms with Gasteiger partial charge in [-0.25, -0.2) is 19.7 Å². The van der Waals surface area contributed by atoms with Crippen LogP contribution < -0.4 is 0 Å². The lowest BCUT2D eigenvalue weighted by Crippen LogP contribution is -2.21. The van der Waals surface area contributed by atoms with Crippen molar-refractivity contribution in [3.05, 3.63) is 58.9 Å². The number of halogens is 1. The lowest BCUT2D eigenvalue weighted by Gasteiger charge is -2.17. The van der Waals surface area contributed by atoms with Gasteiger partial charge in [0.1, 0.15) is 22.9 Å². The van der Waals surface area contributed by atoms with E-state index >= 15 is 0 Å². The second kappa shape index (κ2) is 12.2. The third kappa shape index (κ3) is 6.50. The first-order chi connectivity index (χ1) is 14.5. The van der Waals surface area contributed by atoms with E-state index in [0.29, 0.717) is 24.7 Å². The van der Waals surface area contributed by atoms with E-state index < -0.39 is 6.09 Å². The van der Waals surface area contributed by atoms with Gasteiger partial charge in [-0.15, -0.1) is 11.3 Å². The summed E-state index contributed by atoms with van der Waals surface area (Å²) >= 11 is 7.91. The molecule has 1 saturated heterocycles. The van der Waals surface area contributed by atoms with Gasteiger partial charge in [0.15, 0.2) is 0 Å². The molecule has 2 amide bonds. The maximum absolute atomic E-state index is 10.3. The summed E-state index contributed by atoms with van der Waals surface area (Å²) in [4.78, 5) is 32.0. The number of ether oxygens (including phenoxy) is 1. The van der Waals surface area contributed by atoms with Crippen molar-refractivity contribution in [3.8, 4) is 0 Å². The Balaban J connectivity index is 0.000000182. The third-order valence-corrected chi connectivity index (χ3v) is 5.96. The number of aromatic nitrogens is 2. The molecule has 3 heterocycles. The number of hydrogen-bond donors (Lipinski definition) is 0. The van der Waals surface area contributed by atoms with Crippen LogP contribution in [0.3, 0.4) is 0 Å². The number of imide groups is 1. The number of carbonyl (C=O) groups excluding carboxylic acids is 2. The fourth-order valence-electron chi connectivity index (χ4n) is 2.99. The Morgan fingerprint density at radius 2 is 2.13 bits per heavy atom. The third-order valence-electron chi connectivity index (χ3n) is 4.52. The fourth-order valence-corrected chi connectivity index (χ4v) is 4.65. The molecule has 1 aliphatic carbocycles. The fraction of sp³-hybridized carbons (Fsp3) is 0.364. The van der Waals surface area contributed by atoms with Gasteiger partial charge in [0, 0.05) is 4.88 Å². The van der Waals surface area contributed by atoms with Crippen molar-refractivity contribution in [1.29, 1.82) is 0 Å². The maximum atomic E-state index is 10.3. The van der Waals surface area contributed by atoms with Crippen LogP contribution in [0.4, 0.5) is 4.79 Å². The van der Waals surface area contributed by atoms with E-state index in [9.17, 15) is 9.59 Å². The first kappa shape index (κ1) is 23.8. The van der Waals surface area contributed by atoms with Gasteiger partial charge in [-0.2, -0.15) is 0 Å². The lowest BCUT2D eigenvalue weighted by molar-refractivity contribution is -0.115. The minimum absolute atomic E-state index is 0.331. The number of fused-ring (bicyclic) bond motifs is 3. The predicted molar refractivity (Wildman–Crippen MR) is 122 cm³/mol. The number of amides is 2. The van der Waals surface area contributed by atoms with Gasteiger partial charge < -0.3 is 4.74 Å². The van der Waals surface area contributed by atoms with E-state index in [0.717, 1.165) is 27.5 Å². The molecule has 0 bridgehead atoms. The Bertz CT molecular complexity index is 939. The van der Waals surface area contributed by atoms with Crippen LogP contribution in [-0.2, 0) is 22.4 Å². The SMILES string of the molecule is C=C/C=C\C=C/C.CC1CCc2c(sc3ncnc(Cl)c23)C1.O=CN1CCOC1=O. The molecule has 2 aliphatic rings. The van der Waals surface area contributed by atoms with E-state index in [1.54, 1.807) is 23.7 Å². The summed E-state index contributed by atoms with van der Waals surface area (Å²) in [5.41, 5.74) is 1.40. The number of nitrogens with zero attached hydrogens (tertiary/aromatic N) is 3. The van der Waals surface area contributed by atoms with Crippen molar-refractivity contribution in [2.45, 2.75) is 33.1 Å². The van der Waals surface area contributed by atoms with Crippen LogP contribution in [-0.4, -0.2) is 40.5 Å². The van der Waals surface area contributed by atoms with Gasteiger partial charge >= 0.3 is 6.09 Å².